The lowest BCUT2D eigenvalue weighted by Gasteiger charge is -2.18. The Morgan fingerprint density at radius 1 is 1.00 bits per heavy atom. The third-order valence-electron chi connectivity index (χ3n) is 5.15. The van der Waals surface area contributed by atoms with Crippen LogP contribution in [0.15, 0.2) is 54.6 Å². The second-order valence-electron chi connectivity index (χ2n) is 7.78. The van der Waals surface area contributed by atoms with Gasteiger partial charge in [-0.25, -0.2) is 0 Å². The van der Waals surface area contributed by atoms with Gasteiger partial charge in [-0.3, -0.25) is 0 Å². The van der Waals surface area contributed by atoms with Gasteiger partial charge in [0.15, 0.2) is 0 Å². The molecule has 1 aliphatic rings. The second-order valence-corrected chi connectivity index (χ2v) is 8.21. The molecule has 2 aromatic carbocycles. The zero-order chi connectivity index (χ0) is 18.3. The van der Waals surface area contributed by atoms with Gasteiger partial charge in [0.05, 0.1) is 12.5 Å². The van der Waals surface area contributed by atoms with Gasteiger partial charge in [0, 0.05) is 34.1 Å². The van der Waals surface area contributed by atoms with E-state index in [-0.39, 0.29) is 5.41 Å². The summed E-state index contributed by atoms with van der Waals surface area (Å²) in [6.07, 6.45) is 1.43. The maximum absolute atomic E-state index is 9.49. The predicted octanol–water partition coefficient (Wildman–Crippen LogP) is 6.12. The fourth-order valence-electron chi connectivity index (χ4n) is 4.14. The molecule has 0 saturated carbocycles. The van der Waals surface area contributed by atoms with Crippen LogP contribution in [0, 0.1) is 16.7 Å². The fraction of sp³-hybridized carbons (Fsp3) is 0.261. The average molecular weight is 361 g/mol. The summed E-state index contributed by atoms with van der Waals surface area (Å²) in [4.78, 5) is 0. The van der Waals surface area contributed by atoms with Gasteiger partial charge in [-0.1, -0.05) is 67.9 Å². The van der Waals surface area contributed by atoms with Crippen LogP contribution in [0.1, 0.15) is 25.2 Å². The average Bonchev–Trinajstić information content (AvgIpc) is 3.08. The number of hydrogen-bond donors (Lipinski definition) is 0. The van der Waals surface area contributed by atoms with E-state index in [1.165, 1.54) is 22.4 Å². The van der Waals surface area contributed by atoms with Crippen LogP contribution in [-0.2, 0) is 19.4 Å². The summed E-state index contributed by atoms with van der Waals surface area (Å²) in [5, 5.41) is 10.2. The molecule has 0 saturated heterocycles. The highest BCUT2D eigenvalue weighted by Gasteiger charge is 2.35. The molecule has 0 radical (unpaired) electrons. The number of nitriles is 1. The van der Waals surface area contributed by atoms with Crippen molar-refractivity contribution in [2.75, 3.05) is 0 Å². The van der Waals surface area contributed by atoms with Crippen LogP contribution in [0.4, 0.5) is 0 Å². The van der Waals surface area contributed by atoms with Crippen LogP contribution in [0.3, 0.4) is 0 Å². The summed E-state index contributed by atoms with van der Waals surface area (Å²) in [6.45, 7) is 5.55. The highest BCUT2D eigenvalue weighted by Crippen LogP contribution is 2.46. The molecule has 0 unspecified atom stereocenters. The van der Waals surface area contributed by atoms with Gasteiger partial charge in [0.25, 0.3) is 0 Å². The molecule has 2 heterocycles. The predicted molar refractivity (Wildman–Crippen MR) is 107 cm³/mol. The van der Waals surface area contributed by atoms with Gasteiger partial charge in [0.2, 0.25) is 0 Å². The van der Waals surface area contributed by atoms with Gasteiger partial charge in [-0.15, -0.1) is 0 Å². The third kappa shape index (κ3) is 2.83. The largest absolute Gasteiger partial charge is 0.346 e. The minimum atomic E-state index is 0.210. The minimum absolute atomic E-state index is 0.210. The highest BCUT2D eigenvalue weighted by atomic mass is 35.5. The summed E-state index contributed by atoms with van der Waals surface area (Å²) in [5.74, 6) is 0. The Kier molecular flexibility index (Phi) is 4.13. The first-order chi connectivity index (χ1) is 12.5. The number of fused-ring (bicyclic) bond motifs is 1. The molecule has 26 heavy (non-hydrogen) atoms. The number of benzene rings is 2. The monoisotopic (exact) mass is 360 g/mol. The van der Waals surface area contributed by atoms with Gasteiger partial charge in [0.1, 0.15) is 0 Å². The lowest BCUT2D eigenvalue weighted by molar-refractivity contribution is 0.357. The highest BCUT2D eigenvalue weighted by molar-refractivity contribution is 6.30. The van der Waals surface area contributed by atoms with Crippen molar-refractivity contribution in [3.63, 3.8) is 0 Å². The molecule has 1 aliphatic heterocycles. The van der Waals surface area contributed by atoms with E-state index in [1.54, 1.807) is 0 Å². The lowest BCUT2D eigenvalue weighted by Crippen LogP contribution is -2.14. The molecule has 2 nitrogen and oxygen atoms in total. The minimum Gasteiger partial charge on any atom is -0.346 e. The van der Waals surface area contributed by atoms with Crippen molar-refractivity contribution in [3.05, 3.63) is 71.0 Å². The van der Waals surface area contributed by atoms with Crippen molar-refractivity contribution in [1.82, 2.24) is 4.57 Å². The van der Waals surface area contributed by atoms with Crippen molar-refractivity contribution < 1.29 is 0 Å². The van der Waals surface area contributed by atoms with Crippen molar-refractivity contribution in [2.24, 2.45) is 5.41 Å². The first-order valence-electron chi connectivity index (χ1n) is 8.93. The van der Waals surface area contributed by atoms with Crippen LogP contribution < -0.4 is 0 Å². The molecule has 0 bridgehead atoms. The van der Waals surface area contributed by atoms with E-state index in [2.05, 4.69) is 60.9 Å². The topological polar surface area (TPSA) is 28.7 Å². The lowest BCUT2D eigenvalue weighted by atomic mass is 9.86. The Morgan fingerprint density at radius 2 is 1.65 bits per heavy atom. The van der Waals surface area contributed by atoms with Crippen molar-refractivity contribution in [3.8, 4) is 28.3 Å². The van der Waals surface area contributed by atoms with Crippen molar-refractivity contribution in [2.45, 2.75) is 33.2 Å². The molecule has 4 rings (SSSR count). The summed E-state index contributed by atoms with van der Waals surface area (Å²) < 4.78 is 2.38. The van der Waals surface area contributed by atoms with Crippen molar-refractivity contribution >= 4 is 11.6 Å². The Hall–Kier alpha value is -2.50. The van der Waals surface area contributed by atoms with E-state index < -0.39 is 0 Å². The summed E-state index contributed by atoms with van der Waals surface area (Å²) >= 11 is 6.11. The smallest absolute Gasteiger partial charge is 0.0761 e. The number of halogens is 1. The maximum Gasteiger partial charge on any atom is 0.0761 e. The van der Waals surface area contributed by atoms with Gasteiger partial charge in [-0.05, 0) is 35.1 Å². The zero-order valence-electron chi connectivity index (χ0n) is 15.1. The van der Waals surface area contributed by atoms with Gasteiger partial charge in [-0.2, -0.15) is 5.26 Å². The standard InChI is InChI=1S/C23H21ClN2/c1-23(2)14-20-22(16-6-4-3-5-7-16)21(17-8-10-18(24)11-9-17)19(12-13-25)26(20)15-23/h3-11H,12,14-15H2,1-2H3. The van der Waals surface area contributed by atoms with E-state index in [1.807, 2.05) is 18.2 Å². The molecular weight excluding hydrogens is 340 g/mol. The number of aromatic nitrogens is 1. The summed E-state index contributed by atoms with van der Waals surface area (Å²) in [5.41, 5.74) is 7.46. The van der Waals surface area contributed by atoms with Crippen molar-refractivity contribution in [1.29, 1.82) is 5.26 Å². The van der Waals surface area contributed by atoms with Gasteiger partial charge < -0.3 is 4.57 Å². The van der Waals surface area contributed by atoms with E-state index in [0.29, 0.717) is 6.42 Å². The molecular formula is C23H21ClN2. The molecule has 130 valence electrons. The second kappa shape index (κ2) is 6.34. The Bertz CT molecular complexity index is 989. The summed E-state index contributed by atoms with van der Waals surface area (Å²) in [6, 6.07) is 20.9. The Labute approximate surface area is 159 Å². The first kappa shape index (κ1) is 16.9. The van der Waals surface area contributed by atoms with E-state index in [9.17, 15) is 5.26 Å². The van der Waals surface area contributed by atoms with E-state index >= 15 is 0 Å². The Morgan fingerprint density at radius 3 is 2.31 bits per heavy atom. The molecule has 3 aromatic rings. The molecule has 0 fully saturated rings. The summed E-state index contributed by atoms with van der Waals surface area (Å²) in [7, 11) is 0. The molecule has 0 N–H and O–H groups in total. The number of rotatable bonds is 3. The van der Waals surface area contributed by atoms with Crippen LogP contribution >= 0.6 is 11.6 Å². The quantitative estimate of drug-likeness (QED) is 0.552. The van der Waals surface area contributed by atoms with Crippen LogP contribution in [0.2, 0.25) is 5.02 Å². The van der Waals surface area contributed by atoms with Crippen LogP contribution in [-0.4, -0.2) is 4.57 Å². The molecule has 0 amide bonds. The van der Waals surface area contributed by atoms with Crippen LogP contribution in [0.25, 0.3) is 22.3 Å². The normalized spacial score (nSPS) is 14.8. The fourth-order valence-corrected chi connectivity index (χ4v) is 4.26. The molecule has 3 heteroatoms. The molecule has 0 aliphatic carbocycles. The molecule has 0 spiro atoms. The first-order valence-corrected chi connectivity index (χ1v) is 9.30. The van der Waals surface area contributed by atoms with E-state index in [0.717, 1.165) is 29.2 Å². The zero-order valence-corrected chi connectivity index (χ0v) is 15.8. The van der Waals surface area contributed by atoms with Gasteiger partial charge >= 0.3 is 0 Å². The van der Waals surface area contributed by atoms with Crippen LogP contribution in [0.5, 0.6) is 0 Å². The number of hydrogen-bond acceptors (Lipinski definition) is 1. The maximum atomic E-state index is 9.49. The molecule has 0 atom stereocenters. The number of nitrogens with zero attached hydrogens (tertiary/aromatic N) is 2. The van der Waals surface area contributed by atoms with E-state index in [4.69, 9.17) is 11.6 Å². The molecule has 1 aromatic heterocycles. The third-order valence-corrected chi connectivity index (χ3v) is 5.40. The SMILES string of the molecule is CC1(C)Cc2c(-c3ccccc3)c(-c3ccc(Cl)cc3)c(CC#N)n2C1. The Balaban J connectivity index is 2.04.